The summed E-state index contributed by atoms with van der Waals surface area (Å²) in [5, 5.41) is 12.8. The molecule has 3 rings (SSSR count). The van der Waals surface area contributed by atoms with Gasteiger partial charge in [-0.15, -0.1) is 10.2 Å². The monoisotopic (exact) mass is 334 g/mol. The van der Waals surface area contributed by atoms with Crippen LogP contribution in [0.3, 0.4) is 0 Å². The molecule has 0 radical (unpaired) electrons. The highest BCUT2D eigenvalue weighted by Gasteiger charge is 2.34. The molecular weight excluding hydrogens is 316 g/mol. The van der Waals surface area contributed by atoms with Crippen molar-refractivity contribution in [3.05, 3.63) is 29.3 Å². The second kappa shape index (κ2) is 6.25. The summed E-state index contributed by atoms with van der Waals surface area (Å²) < 4.78 is 0. The van der Waals surface area contributed by atoms with Crippen LogP contribution < -0.4 is 5.73 Å². The van der Waals surface area contributed by atoms with Crippen LogP contribution in [0.5, 0.6) is 0 Å². The summed E-state index contributed by atoms with van der Waals surface area (Å²) in [7, 11) is 0. The van der Waals surface area contributed by atoms with E-state index in [4.69, 9.17) is 17.3 Å². The summed E-state index contributed by atoms with van der Waals surface area (Å²) in [5.74, 6) is 0.463. The van der Waals surface area contributed by atoms with Crippen molar-refractivity contribution in [1.29, 1.82) is 0 Å². The average Bonchev–Trinajstić information content (AvgIpc) is 3.16. The fourth-order valence-corrected chi connectivity index (χ4v) is 2.77. The zero-order chi connectivity index (χ0) is 16.4. The normalized spacial score (nSPS) is 20.9. The van der Waals surface area contributed by atoms with E-state index in [0.29, 0.717) is 23.9 Å². The van der Waals surface area contributed by atoms with Crippen molar-refractivity contribution in [2.75, 3.05) is 19.6 Å². The van der Waals surface area contributed by atoms with Crippen molar-refractivity contribution in [3.63, 3.8) is 0 Å². The average molecular weight is 335 g/mol. The Hall–Kier alpha value is -1.99. The standard InChI is InChI=1S/C15H19ClN6O/c1-15(9-17)6-7-21(10-15)13(23)8-22-19-14(18-20-22)11-2-4-12(16)5-3-11/h2-5H,6-10,17H2,1H3. The van der Waals surface area contributed by atoms with E-state index in [1.165, 1.54) is 4.80 Å². The third-order valence-corrected chi connectivity index (χ3v) is 4.49. The van der Waals surface area contributed by atoms with Crippen LogP contribution in [0.4, 0.5) is 0 Å². The number of rotatable bonds is 4. The number of carbonyl (C=O) groups is 1. The Morgan fingerprint density at radius 1 is 1.39 bits per heavy atom. The second-order valence-corrected chi connectivity index (χ2v) is 6.67. The number of carbonyl (C=O) groups excluding carboxylic acids is 1. The van der Waals surface area contributed by atoms with Crippen LogP contribution in [-0.4, -0.2) is 50.6 Å². The number of hydrogen-bond donors (Lipinski definition) is 1. The van der Waals surface area contributed by atoms with Crippen LogP contribution in [0, 0.1) is 5.41 Å². The van der Waals surface area contributed by atoms with E-state index >= 15 is 0 Å². The number of tetrazole rings is 1. The van der Waals surface area contributed by atoms with Crippen LogP contribution in [-0.2, 0) is 11.3 Å². The van der Waals surface area contributed by atoms with E-state index in [0.717, 1.165) is 18.5 Å². The Balaban J connectivity index is 1.65. The van der Waals surface area contributed by atoms with Crippen LogP contribution in [0.1, 0.15) is 13.3 Å². The molecule has 1 aromatic carbocycles. The Bertz CT molecular complexity index is 700. The molecule has 0 spiro atoms. The Morgan fingerprint density at radius 2 is 2.13 bits per heavy atom. The van der Waals surface area contributed by atoms with Gasteiger partial charge in [0.05, 0.1) is 0 Å². The number of likely N-dealkylation sites (tertiary alicyclic amines) is 1. The van der Waals surface area contributed by atoms with Gasteiger partial charge in [-0.1, -0.05) is 18.5 Å². The molecule has 7 nitrogen and oxygen atoms in total. The first-order chi connectivity index (χ1) is 11.0. The van der Waals surface area contributed by atoms with E-state index in [9.17, 15) is 4.79 Å². The summed E-state index contributed by atoms with van der Waals surface area (Å²) in [5.41, 5.74) is 6.60. The van der Waals surface area contributed by atoms with Gasteiger partial charge in [0.15, 0.2) is 0 Å². The van der Waals surface area contributed by atoms with E-state index in [-0.39, 0.29) is 17.9 Å². The van der Waals surface area contributed by atoms with Crippen LogP contribution >= 0.6 is 11.6 Å². The SMILES string of the molecule is CC1(CN)CCN(C(=O)Cn2nnc(-c3ccc(Cl)cc3)n2)C1. The van der Waals surface area contributed by atoms with Crippen molar-refractivity contribution in [1.82, 2.24) is 25.1 Å². The van der Waals surface area contributed by atoms with Crippen LogP contribution in [0.2, 0.25) is 5.02 Å². The van der Waals surface area contributed by atoms with Gasteiger partial charge >= 0.3 is 0 Å². The van der Waals surface area contributed by atoms with Gasteiger partial charge in [-0.2, -0.15) is 4.80 Å². The zero-order valence-electron chi connectivity index (χ0n) is 12.9. The molecule has 1 aromatic heterocycles. The highest BCUT2D eigenvalue weighted by Crippen LogP contribution is 2.28. The van der Waals surface area contributed by atoms with Crippen LogP contribution in [0.15, 0.2) is 24.3 Å². The lowest BCUT2D eigenvalue weighted by molar-refractivity contribution is -0.131. The van der Waals surface area contributed by atoms with Gasteiger partial charge in [0.25, 0.3) is 0 Å². The maximum atomic E-state index is 12.3. The molecule has 1 aliphatic rings. The molecular formula is C15H19ClN6O. The molecule has 0 saturated carbocycles. The molecule has 1 fully saturated rings. The summed E-state index contributed by atoms with van der Waals surface area (Å²) in [6, 6.07) is 7.17. The fraction of sp³-hybridized carbons (Fsp3) is 0.467. The summed E-state index contributed by atoms with van der Waals surface area (Å²) in [6.07, 6.45) is 0.927. The maximum absolute atomic E-state index is 12.3. The molecule has 1 atom stereocenters. The molecule has 1 saturated heterocycles. The smallest absolute Gasteiger partial charge is 0.246 e. The minimum absolute atomic E-state index is 0.0118. The molecule has 122 valence electrons. The van der Waals surface area contributed by atoms with E-state index in [1.807, 2.05) is 17.0 Å². The highest BCUT2D eigenvalue weighted by molar-refractivity contribution is 6.30. The van der Waals surface area contributed by atoms with Gasteiger partial charge in [0, 0.05) is 23.7 Å². The number of nitrogens with zero attached hydrogens (tertiary/aromatic N) is 5. The van der Waals surface area contributed by atoms with E-state index in [1.54, 1.807) is 12.1 Å². The maximum Gasteiger partial charge on any atom is 0.246 e. The lowest BCUT2D eigenvalue weighted by atomic mass is 9.90. The number of aromatic nitrogens is 4. The molecule has 1 amide bonds. The summed E-state index contributed by atoms with van der Waals surface area (Å²) in [6.45, 7) is 4.18. The third-order valence-electron chi connectivity index (χ3n) is 4.24. The number of amides is 1. The van der Waals surface area contributed by atoms with Gasteiger partial charge in [-0.3, -0.25) is 4.79 Å². The molecule has 0 aliphatic carbocycles. The quantitative estimate of drug-likeness (QED) is 0.907. The number of hydrogen-bond acceptors (Lipinski definition) is 5. The lowest BCUT2D eigenvalue weighted by Crippen LogP contribution is -2.36. The van der Waals surface area contributed by atoms with Crippen molar-refractivity contribution in [2.24, 2.45) is 11.1 Å². The lowest BCUT2D eigenvalue weighted by Gasteiger charge is -2.22. The largest absolute Gasteiger partial charge is 0.340 e. The van der Waals surface area contributed by atoms with E-state index < -0.39 is 0 Å². The van der Waals surface area contributed by atoms with Crippen LogP contribution in [0.25, 0.3) is 11.4 Å². The molecule has 1 unspecified atom stereocenters. The van der Waals surface area contributed by atoms with Crippen molar-refractivity contribution < 1.29 is 4.79 Å². The van der Waals surface area contributed by atoms with Gasteiger partial charge in [0.1, 0.15) is 6.54 Å². The van der Waals surface area contributed by atoms with Gasteiger partial charge in [-0.05, 0) is 47.9 Å². The molecule has 1 aliphatic heterocycles. The number of nitrogens with two attached hydrogens (primary N) is 1. The Labute approximate surface area is 139 Å². The van der Waals surface area contributed by atoms with Gasteiger partial charge in [0.2, 0.25) is 11.7 Å². The molecule has 2 N–H and O–H groups in total. The van der Waals surface area contributed by atoms with Crippen molar-refractivity contribution in [3.8, 4) is 11.4 Å². The first-order valence-electron chi connectivity index (χ1n) is 7.51. The minimum Gasteiger partial charge on any atom is -0.340 e. The molecule has 8 heteroatoms. The predicted molar refractivity (Wildman–Crippen MR) is 86.6 cm³/mol. The summed E-state index contributed by atoms with van der Waals surface area (Å²) in [4.78, 5) is 15.5. The third kappa shape index (κ3) is 3.51. The predicted octanol–water partition coefficient (Wildman–Crippen LogP) is 1.19. The number of benzene rings is 1. The van der Waals surface area contributed by atoms with E-state index in [2.05, 4.69) is 22.3 Å². The zero-order valence-corrected chi connectivity index (χ0v) is 13.7. The first kappa shape index (κ1) is 15.9. The molecule has 23 heavy (non-hydrogen) atoms. The second-order valence-electron chi connectivity index (χ2n) is 6.23. The highest BCUT2D eigenvalue weighted by atomic mass is 35.5. The topological polar surface area (TPSA) is 89.9 Å². The minimum atomic E-state index is -0.0118. The number of halogens is 1. The van der Waals surface area contributed by atoms with Crippen molar-refractivity contribution >= 4 is 17.5 Å². The first-order valence-corrected chi connectivity index (χ1v) is 7.88. The fourth-order valence-electron chi connectivity index (χ4n) is 2.65. The van der Waals surface area contributed by atoms with Gasteiger partial charge in [-0.25, -0.2) is 0 Å². The molecule has 2 aromatic rings. The molecule has 2 heterocycles. The Morgan fingerprint density at radius 3 is 2.78 bits per heavy atom. The van der Waals surface area contributed by atoms with Crippen molar-refractivity contribution in [2.45, 2.75) is 19.9 Å². The molecule has 0 bridgehead atoms. The van der Waals surface area contributed by atoms with Gasteiger partial charge < -0.3 is 10.6 Å². The summed E-state index contributed by atoms with van der Waals surface area (Å²) >= 11 is 5.86. The Kier molecular flexibility index (Phi) is 4.32.